The Morgan fingerprint density at radius 3 is 2.75 bits per heavy atom. The van der Waals surface area contributed by atoms with Crippen LogP contribution < -0.4 is 10.6 Å². The van der Waals surface area contributed by atoms with E-state index in [4.69, 9.17) is 10.9 Å². The van der Waals surface area contributed by atoms with Gasteiger partial charge in [-0.2, -0.15) is 0 Å². The van der Waals surface area contributed by atoms with E-state index in [9.17, 15) is 0 Å². The predicted molar refractivity (Wildman–Crippen MR) is 85.6 cm³/mol. The van der Waals surface area contributed by atoms with Crippen molar-refractivity contribution in [3.05, 3.63) is 28.2 Å². The van der Waals surface area contributed by atoms with E-state index in [2.05, 4.69) is 37.9 Å². The largest absolute Gasteiger partial charge is 0.409 e. The molecule has 0 unspecified atom stereocenters. The topological polar surface area (TPSA) is 65.1 Å². The quantitative estimate of drug-likeness (QED) is 0.372. The second-order valence-corrected chi connectivity index (χ2v) is 5.98. The molecule has 0 bridgehead atoms. The zero-order valence-electron chi connectivity index (χ0n) is 11.7. The molecule has 110 valence electrons. The molecule has 2 rings (SSSR count). The van der Waals surface area contributed by atoms with E-state index in [-0.39, 0.29) is 5.84 Å². The Hall–Kier alpha value is -1.27. The molecule has 1 aromatic carbocycles. The molecule has 0 saturated carbocycles. The molecule has 0 atom stereocenters. The highest BCUT2D eigenvalue weighted by atomic mass is 79.9. The number of halogens is 1. The summed E-state index contributed by atoms with van der Waals surface area (Å²) < 4.78 is 0.950. The van der Waals surface area contributed by atoms with Gasteiger partial charge in [-0.3, -0.25) is 0 Å². The Bertz CT molecular complexity index is 486. The number of rotatable bonds is 5. The van der Waals surface area contributed by atoms with E-state index >= 15 is 0 Å². The summed E-state index contributed by atoms with van der Waals surface area (Å²) in [5, 5.41) is 11.7. The minimum absolute atomic E-state index is 0.122. The summed E-state index contributed by atoms with van der Waals surface area (Å²) in [5.41, 5.74) is 7.40. The second kappa shape index (κ2) is 6.95. The van der Waals surface area contributed by atoms with Crippen molar-refractivity contribution in [1.82, 2.24) is 4.90 Å². The van der Waals surface area contributed by atoms with Crippen molar-refractivity contribution >= 4 is 27.5 Å². The average Bonchev–Trinajstić information content (AvgIpc) is 2.97. The first-order valence-electron chi connectivity index (χ1n) is 6.83. The fourth-order valence-electron chi connectivity index (χ4n) is 2.45. The molecule has 1 saturated heterocycles. The van der Waals surface area contributed by atoms with Crippen LogP contribution in [0.2, 0.25) is 0 Å². The standard InChI is InChI=1S/C14H21BrN4O/c1-18(8-9-19-6-2-3-7-19)13-5-4-11(10-12(13)15)14(16)17-20/h4-5,10,20H,2-3,6-9H2,1H3,(H2,16,17). The van der Waals surface area contributed by atoms with E-state index in [1.54, 1.807) is 0 Å². The minimum Gasteiger partial charge on any atom is -0.409 e. The first-order chi connectivity index (χ1) is 9.61. The van der Waals surface area contributed by atoms with Gasteiger partial charge in [0.1, 0.15) is 0 Å². The van der Waals surface area contributed by atoms with Crippen LogP contribution in [-0.4, -0.2) is 49.2 Å². The van der Waals surface area contributed by atoms with Crippen LogP contribution in [0.4, 0.5) is 5.69 Å². The van der Waals surface area contributed by atoms with Crippen LogP contribution >= 0.6 is 15.9 Å². The van der Waals surface area contributed by atoms with Crippen molar-refractivity contribution in [3.63, 3.8) is 0 Å². The van der Waals surface area contributed by atoms with Gasteiger partial charge < -0.3 is 20.7 Å². The SMILES string of the molecule is CN(CCN1CCCC1)c1ccc(/C(N)=N/O)cc1Br. The Morgan fingerprint density at radius 1 is 1.45 bits per heavy atom. The van der Waals surface area contributed by atoms with Crippen LogP contribution in [0.1, 0.15) is 18.4 Å². The molecule has 1 aliphatic rings. The van der Waals surface area contributed by atoms with E-state index in [1.165, 1.54) is 25.9 Å². The third kappa shape index (κ3) is 3.64. The maximum Gasteiger partial charge on any atom is 0.170 e. The van der Waals surface area contributed by atoms with Gasteiger partial charge in [0.05, 0.1) is 5.69 Å². The predicted octanol–water partition coefficient (Wildman–Crippen LogP) is 2.08. The number of anilines is 1. The third-order valence-electron chi connectivity index (χ3n) is 3.71. The number of nitrogens with two attached hydrogens (primary N) is 1. The Balaban J connectivity index is 2.00. The van der Waals surface area contributed by atoms with E-state index in [0.717, 1.165) is 23.2 Å². The van der Waals surface area contributed by atoms with E-state index < -0.39 is 0 Å². The fraction of sp³-hybridized carbons (Fsp3) is 0.500. The fourth-order valence-corrected chi connectivity index (χ4v) is 3.13. The molecule has 0 amide bonds. The molecule has 0 aromatic heterocycles. The first-order valence-corrected chi connectivity index (χ1v) is 7.62. The van der Waals surface area contributed by atoms with E-state index in [0.29, 0.717) is 5.56 Å². The van der Waals surface area contributed by atoms with Gasteiger partial charge in [0.15, 0.2) is 5.84 Å². The highest BCUT2D eigenvalue weighted by molar-refractivity contribution is 9.10. The smallest absolute Gasteiger partial charge is 0.170 e. The number of nitrogens with zero attached hydrogens (tertiary/aromatic N) is 3. The van der Waals surface area contributed by atoms with Crippen molar-refractivity contribution in [2.24, 2.45) is 10.9 Å². The normalized spacial score (nSPS) is 16.6. The van der Waals surface area contributed by atoms with Gasteiger partial charge in [-0.1, -0.05) is 5.16 Å². The molecule has 0 radical (unpaired) electrons. The van der Waals surface area contributed by atoms with Crippen LogP contribution in [-0.2, 0) is 0 Å². The summed E-state index contributed by atoms with van der Waals surface area (Å²) in [4.78, 5) is 4.72. The zero-order chi connectivity index (χ0) is 14.5. The summed E-state index contributed by atoms with van der Waals surface area (Å²) in [6, 6.07) is 5.72. The molecule has 1 aliphatic heterocycles. The summed E-state index contributed by atoms with van der Waals surface area (Å²) in [5.74, 6) is 0.122. The number of hydrogen-bond donors (Lipinski definition) is 2. The van der Waals surface area contributed by atoms with Crippen molar-refractivity contribution in [2.75, 3.05) is 38.1 Å². The molecule has 0 aliphatic carbocycles. The summed E-state index contributed by atoms with van der Waals surface area (Å²) in [6.45, 7) is 4.52. The van der Waals surface area contributed by atoms with Gasteiger partial charge in [-0.15, -0.1) is 0 Å². The van der Waals surface area contributed by atoms with Gasteiger partial charge in [-0.25, -0.2) is 0 Å². The van der Waals surface area contributed by atoms with Crippen molar-refractivity contribution in [2.45, 2.75) is 12.8 Å². The molecule has 1 fully saturated rings. The molecular weight excluding hydrogens is 320 g/mol. The molecule has 1 heterocycles. The Kier molecular flexibility index (Phi) is 5.25. The molecule has 3 N–H and O–H groups in total. The average molecular weight is 341 g/mol. The van der Waals surface area contributed by atoms with Crippen LogP contribution in [0.15, 0.2) is 27.8 Å². The number of hydrogen-bond acceptors (Lipinski definition) is 4. The van der Waals surface area contributed by atoms with Crippen LogP contribution in [0.3, 0.4) is 0 Å². The number of likely N-dealkylation sites (N-methyl/N-ethyl adjacent to an activating group) is 1. The van der Waals surface area contributed by atoms with E-state index in [1.807, 2.05) is 18.2 Å². The second-order valence-electron chi connectivity index (χ2n) is 5.12. The van der Waals surface area contributed by atoms with Crippen LogP contribution in [0.25, 0.3) is 0 Å². The summed E-state index contributed by atoms with van der Waals surface area (Å²) in [7, 11) is 2.08. The first kappa shape index (κ1) is 15.1. The van der Waals surface area contributed by atoms with Crippen LogP contribution in [0.5, 0.6) is 0 Å². The monoisotopic (exact) mass is 340 g/mol. The third-order valence-corrected chi connectivity index (χ3v) is 4.35. The molecule has 6 heteroatoms. The number of amidine groups is 1. The van der Waals surface area contributed by atoms with Gasteiger partial charge in [0, 0.05) is 30.2 Å². The molecular formula is C14H21BrN4O. The molecule has 20 heavy (non-hydrogen) atoms. The summed E-state index contributed by atoms with van der Waals surface area (Å²) >= 11 is 3.55. The Labute approximate surface area is 128 Å². The maximum absolute atomic E-state index is 8.69. The van der Waals surface area contributed by atoms with Crippen molar-refractivity contribution in [1.29, 1.82) is 0 Å². The Morgan fingerprint density at radius 2 is 2.15 bits per heavy atom. The zero-order valence-corrected chi connectivity index (χ0v) is 13.3. The number of oxime groups is 1. The maximum atomic E-state index is 8.69. The van der Waals surface area contributed by atoms with Gasteiger partial charge in [-0.05, 0) is 60.1 Å². The van der Waals surface area contributed by atoms with Crippen molar-refractivity contribution < 1.29 is 5.21 Å². The minimum atomic E-state index is 0.122. The number of benzene rings is 1. The lowest BCUT2D eigenvalue weighted by molar-refractivity contribution is 0.318. The molecule has 0 spiro atoms. The molecule has 5 nitrogen and oxygen atoms in total. The van der Waals surface area contributed by atoms with Gasteiger partial charge >= 0.3 is 0 Å². The number of likely N-dealkylation sites (tertiary alicyclic amines) is 1. The van der Waals surface area contributed by atoms with Crippen LogP contribution in [0, 0.1) is 0 Å². The highest BCUT2D eigenvalue weighted by Crippen LogP contribution is 2.26. The lowest BCUT2D eigenvalue weighted by Crippen LogP contribution is -2.31. The van der Waals surface area contributed by atoms with Gasteiger partial charge in [0.25, 0.3) is 0 Å². The van der Waals surface area contributed by atoms with Crippen molar-refractivity contribution in [3.8, 4) is 0 Å². The van der Waals surface area contributed by atoms with Gasteiger partial charge in [0.2, 0.25) is 0 Å². The highest BCUT2D eigenvalue weighted by Gasteiger charge is 2.13. The molecule has 1 aromatic rings. The lowest BCUT2D eigenvalue weighted by Gasteiger charge is -2.24. The lowest BCUT2D eigenvalue weighted by atomic mass is 10.2. The summed E-state index contributed by atoms with van der Waals surface area (Å²) in [6.07, 6.45) is 2.64.